The predicted octanol–water partition coefficient (Wildman–Crippen LogP) is 4.58. The molecule has 5 nitrogen and oxygen atoms in total. The fraction of sp³-hybridized carbons (Fsp3) is 0.238. The number of fused-ring (bicyclic) bond motifs is 1. The van der Waals surface area contributed by atoms with Crippen LogP contribution in [0.25, 0.3) is 5.69 Å². The van der Waals surface area contributed by atoms with Gasteiger partial charge in [-0.15, -0.1) is 0 Å². The Balaban J connectivity index is 1.67. The first-order valence-corrected chi connectivity index (χ1v) is 10.1. The van der Waals surface area contributed by atoms with Gasteiger partial charge in [0.1, 0.15) is 11.6 Å². The maximum Gasteiger partial charge on any atom is 0.256 e. The molecule has 0 saturated heterocycles. The van der Waals surface area contributed by atoms with Gasteiger partial charge in [0.15, 0.2) is 0 Å². The normalized spacial score (nSPS) is 12.7. The minimum Gasteiger partial charge on any atom is -0.494 e. The number of para-hydroxylation sites is 1. The number of benzene rings is 2. The lowest BCUT2D eigenvalue weighted by atomic mass is 10.2. The Morgan fingerprint density at radius 3 is 2.70 bits per heavy atom. The van der Waals surface area contributed by atoms with Crippen LogP contribution in [0.15, 0.2) is 48.5 Å². The van der Waals surface area contributed by atoms with Crippen LogP contribution in [0.4, 0.5) is 5.82 Å². The van der Waals surface area contributed by atoms with Crippen molar-refractivity contribution < 1.29 is 9.53 Å². The fourth-order valence-corrected chi connectivity index (χ4v) is 4.20. The molecule has 27 heavy (non-hydrogen) atoms. The van der Waals surface area contributed by atoms with Gasteiger partial charge < -0.3 is 10.1 Å². The summed E-state index contributed by atoms with van der Waals surface area (Å²) in [5.41, 5.74) is 4.85. The smallest absolute Gasteiger partial charge is 0.256 e. The van der Waals surface area contributed by atoms with Gasteiger partial charge in [0, 0.05) is 22.6 Å². The van der Waals surface area contributed by atoms with E-state index in [1.54, 1.807) is 12.1 Å². The molecule has 0 spiro atoms. The first-order valence-electron chi connectivity index (χ1n) is 8.96. The minimum absolute atomic E-state index is 0.146. The lowest BCUT2D eigenvalue weighted by Gasteiger charge is -2.13. The van der Waals surface area contributed by atoms with Gasteiger partial charge in [-0.2, -0.15) is 16.9 Å². The lowest BCUT2D eigenvalue weighted by molar-refractivity contribution is 0.102. The number of nitrogens with one attached hydrogen (secondary N) is 1. The second-order valence-electron chi connectivity index (χ2n) is 6.38. The third kappa shape index (κ3) is 3.45. The van der Waals surface area contributed by atoms with Gasteiger partial charge in [-0.3, -0.25) is 4.79 Å². The van der Waals surface area contributed by atoms with E-state index in [0.29, 0.717) is 12.2 Å². The Labute approximate surface area is 162 Å². The number of aromatic nitrogens is 2. The van der Waals surface area contributed by atoms with Crippen LogP contribution >= 0.6 is 11.8 Å². The number of hydrogen-bond donors (Lipinski definition) is 1. The maximum atomic E-state index is 12.8. The van der Waals surface area contributed by atoms with E-state index in [9.17, 15) is 4.79 Å². The third-order valence-electron chi connectivity index (χ3n) is 4.55. The predicted molar refractivity (Wildman–Crippen MR) is 109 cm³/mol. The second-order valence-corrected chi connectivity index (χ2v) is 7.36. The number of anilines is 1. The summed E-state index contributed by atoms with van der Waals surface area (Å²) >= 11 is 1.82. The number of nitrogens with zero attached hydrogens (tertiary/aromatic N) is 2. The second kappa shape index (κ2) is 7.48. The average Bonchev–Trinajstić information content (AvgIpc) is 3.26. The van der Waals surface area contributed by atoms with Crippen molar-refractivity contribution >= 4 is 23.5 Å². The topological polar surface area (TPSA) is 56.1 Å². The Morgan fingerprint density at radius 2 is 1.96 bits per heavy atom. The summed E-state index contributed by atoms with van der Waals surface area (Å²) < 4.78 is 7.32. The Hall–Kier alpha value is -2.73. The van der Waals surface area contributed by atoms with E-state index < -0.39 is 0 Å². The van der Waals surface area contributed by atoms with Gasteiger partial charge >= 0.3 is 0 Å². The zero-order valence-corrected chi connectivity index (χ0v) is 16.2. The van der Waals surface area contributed by atoms with Crippen molar-refractivity contribution in [2.45, 2.75) is 25.4 Å². The number of aryl methyl sites for hydroxylation is 1. The molecule has 1 aromatic heterocycles. The molecule has 0 unspecified atom stereocenters. The first kappa shape index (κ1) is 17.7. The third-order valence-corrected chi connectivity index (χ3v) is 5.53. The van der Waals surface area contributed by atoms with E-state index >= 15 is 0 Å². The molecule has 2 heterocycles. The largest absolute Gasteiger partial charge is 0.494 e. The Kier molecular flexibility index (Phi) is 4.90. The quantitative estimate of drug-likeness (QED) is 0.705. The summed E-state index contributed by atoms with van der Waals surface area (Å²) in [7, 11) is 0. The molecule has 2 aromatic carbocycles. The molecule has 0 fully saturated rings. The fourth-order valence-electron chi connectivity index (χ4n) is 3.17. The summed E-state index contributed by atoms with van der Waals surface area (Å²) in [6.45, 7) is 4.59. The molecule has 1 N–H and O–H groups in total. The molecule has 4 rings (SSSR count). The van der Waals surface area contributed by atoms with Crippen LogP contribution in [-0.2, 0) is 11.5 Å². The van der Waals surface area contributed by atoms with Crippen LogP contribution in [0.3, 0.4) is 0 Å². The molecule has 138 valence electrons. The number of hydrogen-bond acceptors (Lipinski definition) is 4. The van der Waals surface area contributed by atoms with Gasteiger partial charge in [0.2, 0.25) is 0 Å². The van der Waals surface area contributed by atoms with Crippen molar-refractivity contribution in [2.75, 3.05) is 11.9 Å². The van der Waals surface area contributed by atoms with Crippen LogP contribution in [0.2, 0.25) is 0 Å². The highest BCUT2D eigenvalue weighted by atomic mass is 32.2. The summed E-state index contributed by atoms with van der Waals surface area (Å²) in [6.07, 6.45) is 0. The monoisotopic (exact) mass is 379 g/mol. The summed E-state index contributed by atoms with van der Waals surface area (Å²) in [5.74, 6) is 3.12. The van der Waals surface area contributed by atoms with Gasteiger partial charge in [0.25, 0.3) is 5.91 Å². The zero-order chi connectivity index (χ0) is 18.8. The molecule has 0 atom stereocenters. The van der Waals surface area contributed by atoms with Gasteiger partial charge in [-0.05, 0) is 49.7 Å². The van der Waals surface area contributed by atoms with Crippen LogP contribution in [0, 0.1) is 6.92 Å². The molecule has 1 amide bonds. The molecular weight excluding hydrogens is 358 g/mol. The van der Waals surface area contributed by atoms with E-state index in [2.05, 4.69) is 18.3 Å². The van der Waals surface area contributed by atoms with Crippen molar-refractivity contribution in [3.8, 4) is 11.4 Å². The average molecular weight is 379 g/mol. The van der Waals surface area contributed by atoms with Crippen molar-refractivity contribution in [1.82, 2.24) is 9.78 Å². The first-order chi connectivity index (χ1) is 13.2. The molecule has 3 aromatic rings. The van der Waals surface area contributed by atoms with E-state index in [-0.39, 0.29) is 5.91 Å². The standard InChI is InChI=1S/C21H21N3O2S/c1-3-26-16-10-8-15(9-11-16)21(25)22-20-17-12-27-13-18(17)23-24(20)19-7-5-4-6-14(19)2/h4-11H,3,12-13H2,1-2H3,(H,22,25). The van der Waals surface area contributed by atoms with E-state index in [4.69, 9.17) is 9.84 Å². The van der Waals surface area contributed by atoms with Crippen LogP contribution in [0.5, 0.6) is 5.75 Å². The van der Waals surface area contributed by atoms with E-state index in [1.165, 1.54) is 0 Å². The summed E-state index contributed by atoms with van der Waals surface area (Å²) in [5, 5.41) is 7.86. The molecule has 1 aliphatic heterocycles. The molecule has 6 heteroatoms. The number of amides is 1. The SMILES string of the molecule is CCOc1ccc(C(=O)Nc2c3c(nn2-c2ccccc2C)CSC3)cc1. The van der Waals surface area contributed by atoms with Crippen molar-refractivity contribution in [3.05, 3.63) is 70.9 Å². The minimum atomic E-state index is -0.146. The highest BCUT2D eigenvalue weighted by Gasteiger charge is 2.25. The van der Waals surface area contributed by atoms with Crippen LogP contribution in [0.1, 0.15) is 34.1 Å². The van der Waals surface area contributed by atoms with Gasteiger partial charge in [-0.1, -0.05) is 18.2 Å². The van der Waals surface area contributed by atoms with Crippen LogP contribution in [-0.4, -0.2) is 22.3 Å². The van der Waals surface area contributed by atoms with E-state index in [0.717, 1.165) is 45.6 Å². The molecule has 0 saturated carbocycles. The van der Waals surface area contributed by atoms with Crippen molar-refractivity contribution in [1.29, 1.82) is 0 Å². The van der Waals surface area contributed by atoms with Crippen LogP contribution < -0.4 is 10.1 Å². The lowest BCUT2D eigenvalue weighted by Crippen LogP contribution is -2.16. The number of rotatable bonds is 5. The molecular formula is C21H21N3O2S. The Morgan fingerprint density at radius 1 is 1.19 bits per heavy atom. The molecule has 0 bridgehead atoms. The summed E-state index contributed by atoms with van der Waals surface area (Å²) in [6, 6.07) is 15.3. The van der Waals surface area contributed by atoms with Gasteiger partial charge in [-0.25, -0.2) is 4.68 Å². The number of thioether (sulfide) groups is 1. The number of carbonyl (C=O) groups excluding carboxylic acids is 1. The summed E-state index contributed by atoms with van der Waals surface area (Å²) in [4.78, 5) is 12.8. The van der Waals surface area contributed by atoms with E-state index in [1.807, 2.05) is 53.7 Å². The highest BCUT2D eigenvalue weighted by Crippen LogP contribution is 2.36. The number of carbonyl (C=O) groups is 1. The van der Waals surface area contributed by atoms with Gasteiger partial charge in [0.05, 0.1) is 18.0 Å². The maximum absolute atomic E-state index is 12.8. The van der Waals surface area contributed by atoms with Crippen molar-refractivity contribution in [3.63, 3.8) is 0 Å². The van der Waals surface area contributed by atoms with Crippen molar-refractivity contribution in [2.24, 2.45) is 0 Å². The Bertz CT molecular complexity index is 980. The zero-order valence-electron chi connectivity index (χ0n) is 15.4. The molecule has 0 aliphatic carbocycles. The molecule has 1 aliphatic rings. The molecule has 0 radical (unpaired) electrons. The number of ether oxygens (including phenoxy) is 1. The highest BCUT2D eigenvalue weighted by molar-refractivity contribution is 7.98.